The van der Waals surface area contributed by atoms with E-state index in [1.807, 2.05) is 0 Å². The van der Waals surface area contributed by atoms with E-state index in [1.165, 1.54) is 18.3 Å². The van der Waals surface area contributed by atoms with Crippen molar-refractivity contribution in [2.75, 3.05) is 11.9 Å². The van der Waals surface area contributed by atoms with E-state index in [4.69, 9.17) is 5.11 Å². The summed E-state index contributed by atoms with van der Waals surface area (Å²) in [6.45, 7) is 3.44. The van der Waals surface area contributed by atoms with Crippen LogP contribution >= 0.6 is 0 Å². The normalized spacial score (nSPS) is 9.33. The molecule has 0 saturated heterocycles. The number of carbonyl (C=O) groups excluding carboxylic acids is 1. The predicted molar refractivity (Wildman–Crippen MR) is 52.9 cm³/mol. The van der Waals surface area contributed by atoms with Gasteiger partial charge in [-0.15, -0.1) is 0 Å². The molecule has 1 amide bonds. The van der Waals surface area contributed by atoms with Crippen molar-refractivity contribution in [3.05, 3.63) is 30.6 Å². The fraction of sp³-hybridized carbons (Fsp3) is 0.111. The molecule has 0 radical (unpaired) electrons. The molecule has 0 unspecified atom stereocenters. The Morgan fingerprint density at radius 1 is 1.67 bits per heavy atom. The van der Waals surface area contributed by atoms with Crippen molar-refractivity contribution in [2.24, 2.45) is 0 Å². The van der Waals surface area contributed by atoms with Gasteiger partial charge < -0.3 is 14.8 Å². The highest BCUT2D eigenvalue weighted by Gasteiger charge is 2.13. The van der Waals surface area contributed by atoms with Crippen molar-refractivity contribution in [1.82, 2.24) is 4.98 Å². The van der Waals surface area contributed by atoms with Crippen molar-refractivity contribution in [2.45, 2.75) is 0 Å². The van der Waals surface area contributed by atoms with Crippen molar-refractivity contribution in [3.63, 3.8) is 0 Å². The molecule has 1 aromatic rings. The first-order chi connectivity index (χ1) is 7.15. The highest BCUT2D eigenvalue weighted by atomic mass is 16.5. The summed E-state index contributed by atoms with van der Waals surface area (Å²) in [5.41, 5.74) is 0.0714. The number of carboxylic acids is 1. The van der Waals surface area contributed by atoms with Crippen LogP contribution < -0.4 is 5.32 Å². The van der Waals surface area contributed by atoms with Crippen LogP contribution in [0.15, 0.2) is 24.9 Å². The summed E-state index contributed by atoms with van der Waals surface area (Å²) in [7, 11) is 0. The number of aromatic nitrogens is 1. The van der Waals surface area contributed by atoms with Crippen molar-refractivity contribution >= 4 is 17.7 Å². The number of rotatable bonds is 4. The fourth-order valence-corrected chi connectivity index (χ4v) is 0.931. The molecule has 80 valence electrons. The van der Waals surface area contributed by atoms with E-state index in [-0.39, 0.29) is 18.0 Å². The van der Waals surface area contributed by atoms with Gasteiger partial charge in [0.2, 0.25) is 0 Å². The molecule has 0 fully saturated rings. The Hall–Kier alpha value is -2.24. The number of amides is 1. The fourth-order valence-electron chi connectivity index (χ4n) is 0.931. The molecule has 6 nitrogen and oxygen atoms in total. The SMILES string of the molecule is C=CCOC(=O)Nc1cc[nH]c1C(=O)O. The molecule has 0 aliphatic rings. The lowest BCUT2D eigenvalue weighted by Crippen LogP contribution is -2.15. The maximum absolute atomic E-state index is 11.1. The molecular weight excluding hydrogens is 200 g/mol. The van der Waals surface area contributed by atoms with Gasteiger partial charge in [-0.3, -0.25) is 5.32 Å². The molecule has 0 aliphatic heterocycles. The number of ether oxygens (including phenoxy) is 1. The number of hydrogen-bond donors (Lipinski definition) is 3. The molecule has 0 aliphatic carbocycles. The number of aromatic amines is 1. The quantitative estimate of drug-likeness (QED) is 0.656. The second-order valence-corrected chi connectivity index (χ2v) is 2.58. The van der Waals surface area contributed by atoms with Crippen LogP contribution in [-0.4, -0.2) is 28.8 Å². The summed E-state index contributed by atoms with van der Waals surface area (Å²) in [4.78, 5) is 24.2. The first-order valence-corrected chi connectivity index (χ1v) is 4.10. The summed E-state index contributed by atoms with van der Waals surface area (Å²) >= 11 is 0. The summed E-state index contributed by atoms with van der Waals surface area (Å²) < 4.78 is 4.62. The van der Waals surface area contributed by atoms with E-state index in [0.717, 1.165) is 0 Å². The van der Waals surface area contributed by atoms with Crippen LogP contribution in [0.1, 0.15) is 10.5 Å². The Morgan fingerprint density at radius 2 is 2.40 bits per heavy atom. The van der Waals surface area contributed by atoms with E-state index in [2.05, 4.69) is 21.6 Å². The van der Waals surface area contributed by atoms with Crippen molar-refractivity contribution in [1.29, 1.82) is 0 Å². The van der Waals surface area contributed by atoms with Gasteiger partial charge in [0.25, 0.3) is 0 Å². The van der Waals surface area contributed by atoms with Gasteiger partial charge >= 0.3 is 12.1 Å². The van der Waals surface area contributed by atoms with Gasteiger partial charge in [-0.2, -0.15) is 0 Å². The Morgan fingerprint density at radius 3 is 3.00 bits per heavy atom. The van der Waals surface area contributed by atoms with Gasteiger partial charge in [0.15, 0.2) is 0 Å². The number of hydrogen-bond acceptors (Lipinski definition) is 3. The molecule has 1 heterocycles. The third-order valence-electron chi connectivity index (χ3n) is 1.53. The minimum atomic E-state index is -1.15. The van der Waals surface area contributed by atoms with Gasteiger partial charge in [0, 0.05) is 6.20 Å². The first kappa shape index (κ1) is 10.8. The molecule has 0 aromatic carbocycles. The lowest BCUT2D eigenvalue weighted by molar-refractivity contribution is 0.0692. The average Bonchev–Trinajstić information content (AvgIpc) is 2.62. The van der Waals surface area contributed by atoms with E-state index >= 15 is 0 Å². The Balaban J connectivity index is 2.64. The monoisotopic (exact) mass is 210 g/mol. The molecule has 15 heavy (non-hydrogen) atoms. The lowest BCUT2D eigenvalue weighted by Gasteiger charge is -2.03. The molecule has 0 saturated carbocycles. The third kappa shape index (κ3) is 2.87. The maximum atomic E-state index is 11.1. The van der Waals surface area contributed by atoms with Crippen molar-refractivity contribution in [3.8, 4) is 0 Å². The molecule has 0 atom stereocenters. The predicted octanol–water partition coefficient (Wildman–Crippen LogP) is 1.45. The number of carbonyl (C=O) groups is 2. The second kappa shape index (κ2) is 4.85. The number of carboxylic acid groups (broad SMARTS) is 1. The van der Waals surface area contributed by atoms with Gasteiger partial charge in [-0.05, 0) is 6.07 Å². The van der Waals surface area contributed by atoms with Crippen LogP contribution in [0.3, 0.4) is 0 Å². The average molecular weight is 210 g/mol. The highest BCUT2D eigenvalue weighted by Crippen LogP contribution is 2.13. The zero-order chi connectivity index (χ0) is 11.3. The van der Waals surface area contributed by atoms with Crippen LogP contribution in [0.25, 0.3) is 0 Å². The zero-order valence-corrected chi connectivity index (χ0v) is 7.82. The molecule has 3 N–H and O–H groups in total. The standard InChI is InChI=1S/C9H10N2O4/c1-2-5-15-9(14)11-6-3-4-10-7(6)8(12)13/h2-4,10H,1,5H2,(H,11,14)(H,12,13). The molecule has 1 aromatic heterocycles. The van der Waals surface area contributed by atoms with E-state index < -0.39 is 12.1 Å². The van der Waals surface area contributed by atoms with E-state index in [0.29, 0.717) is 0 Å². The topological polar surface area (TPSA) is 91.4 Å². The number of nitrogens with one attached hydrogen (secondary N) is 2. The Bertz CT molecular complexity index is 383. The summed E-state index contributed by atoms with van der Waals surface area (Å²) in [6, 6.07) is 1.43. The van der Waals surface area contributed by atoms with E-state index in [9.17, 15) is 9.59 Å². The molecular formula is C9H10N2O4. The number of anilines is 1. The molecule has 0 spiro atoms. The smallest absolute Gasteiger partial charge is 0.412 e. The Kier molecular flexibility index (Phi) is 3.50. The molecule has 0 bridgehead atoms. The summed E-state index contributed by atoms with van der Waals surface area (Å²) in [6.07, 6.45) is 2.10. The summed E-state index contributed by atoms with van der Waals surface area (Å²) in [5, 5.41) is 11.0. The van der Waals surface area contributed by atoms with Crippen molar-refractivity contribution < 1.29 is 19.4 Å². The molecule has 6 heteroatoms. The number of H-pyrrole nitrogens is 1. The van der Waals surface area contributed by atoms with Gasteiger partial charge in [0.1, 0.15) is 12.3 Å². The van der Waals surface area contributed by atoms with Crippen LogP contribution in [0.4, 0.5) is 10.5 Å². The van der Waals surface area contributed by atoms with Crippen LogP contribution in [0.2, 0.25) is 0 Å². The second-order valence-electron chi connectivity index (χ2n) is 2.58. The Labute approximate surface area is 85.6 Å². The van der Waals surface area contributed by atoms with Gasteiger partial charge in [0.05, 0.1) is 5.69 Å². The van der Waals surface area contributed by atoms with Crippen LogP contribution in [-0.2, 0) is 4.74 Å². The summed E-state index contributed by atoms with van der Waals surface area (Å²) in [5.74, 6) is -1.15. The van der Waals surface area contributed by atoms with Crippen LogP contribution in [0, 0.1) is 0 Å². The van der Waals surface area contributed by atoms with Crippen LogP contribution in [0.5, 0.6) is 0 Å². The van der Waals surface area contributed by atoms with E-state index in [1.54, 1.807) is 0 Å². The minimum Gasteiger partial charge on any atom is -0.477 e. The third-order valence-corrected chi connectivity index (χ3v) is 1.53. The van der Waals surface area contributed by atoms with Gasteiger partial charge in [-0.25, -0.2) is 9.59 Å². The zero-order valence-electron chi connectivity index (χ0n) is 7.82. The lowest BCUT2D eigenvalue weighted by atomic mass is 10.4. The first-order valence-electron chi connectivity index (χ1n) is 4.10. The highest BCUT2D eigenvalue weighted by molar-refractivity contribution is 5.97. The number of aromatic carboxylic acids is 1. The maximum Gasteiger partial charge on any atom is 0.412 e. The van der Waals surface area contributed by atoms with Gasteiger partial charge in [-0.1, -0.05) is 12.7 Å². The molecule has 1 rings (SSSR count). The largest absolute Gasteiger partial charge is 0.477 e. The minimum absolute atomic E-state index is 0.0681.